The molecular weight excluding hydrogens is 831 g/mol. The summed E-state index contributed by atoms with van der Waals surface area (Å²) in [7, 11) is 0. The summed E-state index contributed by atoms with van der Waals surface area (Å²) in [5, 5.41) is 0. The Hall–Kier alpha value is -2.08. The molecule has 2 aromatic rings. The fourth-order valence-electron chi connectivity index (χ4n) is 7.41. The van der Waals surface area contributed by atoms with Crippen molar-refractivity contribution in [1.82, 2.24) is 0 Å². The molecule has 0 aliphatic heterocycles. The molecule has 0 spiro atoms. The topological polar surface area (TPSA) is 52.6 Å². The molecule has 2 radical (unpaired) electrons. The summed E-state index contributed by atoms with van der Waals surface area (Å²) in [6, 6.07) is 18.6. The van der Waals surface area contributed by atoms with Gasteiger partial charge in [-0.05, 0) is 11.1 Å². The van der Waals surface area contributed by atoms with Gasteiger partial charge in [0.25, 0.3) is 0 Å². The number of esters is 2. The molecule has 0 aliphatic rings. The van der Waals surface area contributed by atoms with Crippen molar-refractivity contribution in [3.05, 3.63) is 83.9 Å². The minimum absolute atomic E-state index is 0.00985. The van der Waals surface area contributed by atoms with Crippen LogP contribution in [0, 0.1) is 0 Å². The number of ether oxygens (including phenoxy) is 2. The van der Waals surface area contributed by atoms with E-state index in [0.29, 0.717) is 0 Å². The van der Waals surface area contributed by atoms with Crippen LogP contribution in [0.25, 0.3) is 0 Å². The molecule has 0 aromatic heterocycles. The Morgan fingerprint density at radius 2 is 0.610 bits per heavy atom. The quantitative estimate of drug-likeness (QED) is 0.0289. The van der Waals surface area contributed by atoms with Crippen molar-refractivity contribution in [2.24, 2.45) is 0 Å². The van der Waals surface area contributed by atoms with Gasteiger partial charge in [-0.25, -0.2) is 9.59 Å². The van der Waals surface area contributed by atoms with Gasteiger partial charge >= 0.3 is 183 Å². The van der Waals surface area contributed by atoms with E-state index < -0.39 is 11.9 Å². The van der Waals surface area contributed by atoms with Gasteiger partial charge in [-0.15, -0.1) is 0 Å². The standard InChI is InChI=1S/C18H16O4.2C18H37.Sn/c19-17(21-13-15-7-3-1-4-8-15)11-12-18(20)22-14-16-9-5-2-6-10-16;2*1-3-5-7-9-11-13-15-17-18-16-14-12-10-8-6-4-2;/h1-12H,13-14H2;2*1,3-18H2,2H3;/b12-11-;;;. The second-order valence-corrected chi connectivity index (χ2v) is 21.2. The minimum Gasteiger partial charge on any atom is -0.458 e. The molecule has 2 aromatic carbocycles. The van der Waals surface area contributed by atoms with E-state index in [0.717, 1.165) is 23.3 Å². The zero-order chi connectivity index (χ0) is 42.4. The van der Waals surface area contributed by atoms with E-state index in [2.05, 4.69) is 13.8 Å². The Balaban J connectivity index is 0.000000666. The van der Waals surface area contributed by atoms with Crippen LogP contribution in [-0.2, 0) is 32.3 Å². The van der Waals surface area contributed by atoms with Crippen molar-refractivity contribution >= 4 is 33.1 Å². The van der Waals surface area contributed by atoms with Gasteiger partial charge in [0, 0.05) is 12.2 Å². The van der Waals surface area contributed by atoms with E-state index in [9.17, 15) is 9.59 Å². The number of hydrogen-bond acceptors (Lipinski definition) is 4. The van der Waals surface area contributed by atoms with Gasteiger partial charge in [0.1, 0.15) is 13.2 Å². The van der Waals surface area contributed by atoms with Gasteiger partial charge in [-0.1, -0.05) is 139 Å². The molecule has 0 fully saturated rings. The first-order valence-corrected chi connectivity index (χ1v) is 29.0. The fraction of sp³-hybridized carbons (Fsp3) is 0.704. The summed E-state index contributed by atoms with van der Waals surface area (Å²) < 4.78 is 13.3. The molecule has 334 valence electrons. The van der Waals surface area contributed by atoms with E-state index in [4.69, 9.17) is 9.47 Å². The van der Waals surface area contributed by atoms with Gasteiger partial charge < -0.3 is 9.47 Å². The minimum atomic E-state index is -0.583. The normalized spacial score (nSPS) is 11.1. The van der Waals surface area contributed by atoms with Crippen LogP contribution >= 0.6 is 0 Å². The number of carbonyl (C=O) groups excluding carboxylic acids is 2. The van der Waals surface area contributed by atoms with Gasteiger partial charge in [0.15, 0.2) is 0 Å². The maximum absolute atomic E-state index is 11.5. The van der Waals surface area contributed by atoms with Crippen LogP contribution < -0.4 is 0 Å². The zero-order valence-corrected chi connectivity index (χ0v) is 41.4. The zero-order valence-electron chi connectivity index (χ0n) is 38.5. The van der Waals surface area contributed by atoms with Crippen LogP contribution in [0.3, 0.4) is 0 Å². The number of hydrogen-bond donors (Lipinski definition) is 0. The van der Waals surface area contributed by atoms with E-state index in [-0.39, 0.29) is 34.4 Å². The molecule has 0 unspecified atom stereocenters. The van der Waals surface area contributed by atoms with Gasteiger partial charge in [0.2, 0.25) is 0 Å². The van der Waals surface area contributed by atoms with E-state index in [1.807, 2.05) is 60.7 Å². The molecule has 0 aliphatic carbocycles. The number of carbonyl (C=O) groups is 2. The Kier molecular flexibility index (Phi) is 42.3. The number of unbranched alkanes of at least 4 members (excludes halogenated alkanes) is 30. The first-order valence-electron chi connectivity index (χ1n) is 25.0. The summed E-state index contributed by atoms with van der Waals surface area (Å²) in [5.41, 5.74) is 1.77. The van der Waals surface area contributed by atoms with Crippen LogP contribution in [0.5, 0.6) is 0 Å². The first kappa shape index (κ1) is 54.9. The van der Waals surface area contributed by atoms with Crippen LogP contribution in [0.1, 0.15) is 230 Å². The molecule has 4 nitrogen and oxygen atoms in total. The Labute approximate surface area is 375 Å². The average Bonchev–Trinajstić information content (AvgIpc) is 3.26. The molecule has 0 amide bonds. The second-order valence-electron chi connectivity index (χ2n) is 16.9. The Morgan fingerprint density at radius 3 is 0.864 bits per heavy atom. The summed E-state index contributed by atoms with van der Waals surface area (Å²) in [6.45, 7) is 4.96. The predicted octanol–water partition coefficient (Wildman–Crippen LogP) is 17.1. The number of rotatable bonds is 40. The molecule has 2 rings (SSSR count). The molecule has 0 saturated heterocycles. The van der Waals surface area contributed by atoms with Crippen LogP contribution in [0.4, 0.5) is 0 Å². The van der Waals surface area contributed by atoms with Crippen molar-refractivity contribution in [1.29, 1.82) is 0 Å². The molecule has 0 N–H and O–H groups in total. The fourth-order valence-corrected chi connectivity index (χ4v) is 11.0. The molecular formula is C54H90O4Sn. The first-order chi connectivity index (χ1) is 29.2. The average molecular weight is 922 g/mol. The predicted molar refractivity (Wildman–Crippen MR) is 256 cm³/mol. The van der Waals surface area contributed by atoms with Crippen LogP contribution in [0.2, 0.25) is 8.87 Å². The SMILES string of the molecule is CCCCCCCCCCCCCCCCC[CH2][Sn][CH2]CCCCCCCCCCCCCCCCC.O=C(/C=C\C(=O)OCc1ccccc1)OCc1ccccc1. The summed E-state index contributed by atoms with van der Waals surface area (Å²) >= 11 is 0.00985. The van der Waals surface area contributed by atoms with E-state index in [1.165, 1.54) is 193 Å². The number of benzene rings is 2. The monoisotopic (exact) mass is 923 g/mol. The third kappa shape index (κ3) is 41.1. The van der Waals surface area contributed by atoms with Crippen LogP contribution in [-0.4, -0.2) is 33.1 Å². The summed E-state index contributed by atoms with van der Waals surface area (Å²) in [4.78, 5) is 23.0. The molecule has 0 atom stereocenters. The van der Waals surface area contributed by atoms with Crippen molar-refractivity contribution in [2.75, 3.05) is 0 Å². The van der Waals surface area contributed by atoms with Gasteiger partial charge in [-0.2, -0.15) is 0 Å². The Morgan fingerprint density at radius 1 is 0.373 bits per heavy atom. The van der Waals surface area contributed by atoms with Gasteiger partial charge in [0.05, 0.1) is 0 Å². The van der Waals surface area contributed by atoms with Crippen LogP contribution in [0.15, 0.2) is 72.8 Å². The van der Waals surface area contributed by atoms with E-state index >= 15 is 0 Å². The van der Waals surface area contributed by atoms with Crippen molar-refractivity contribution < 1.29 is 19.1 Å². The molecule has 0 saturated carbocycles. The van der Waals surface area contributed by atoms with Crippen molar-refractivity contribution in [3.63, 3.8) is 0 Å². The molecule has 0 bridgehead atoms. The van der Waals surface area contributed by atoms with Gasteiger partial charge in [-0.3, -0.25) is 0 Å². The maximum atomic E-state index is 11.5. The Bertz CT molecular complexity index is 1090. The second kappa shape index (κ2) is 45.4. The van der Waals surface area contributed by atoms with Crippen molar-refractivity contribution in [3.8, 4) is 0 Å². The third-order valence-electron chi connectivity index (χ3n) is 11.2. The molecule has 59 heavy (non-hydrogen) atoms. The third-order valence-corrected chi connectivity index (χ3v) is 15.3. The van der Waals surface area contributed by atoms with Crippen molar-refractivity contribution in [2.45, 2.75) is 241 Å². The molecule has 0 heterocycles. The van der Waals surface area contributed by atoms with E-state index in [1.54, 1.807) is 21.7 Å². The summed E-state index contributed by atoms with van der Waals surface area (Å²) in [6.07, 6.45) is 50.0. The smallest absolute Gasteiger partial charge is 0.458 e. The summed E-state index contributed by atoms with van der Waals surface area (Å²) in [5.74, 6) is -1.17. The molecule has 5 heteroatoms.